The second-order valence-electron chi connectivity index (χ2n) is 3.17. The zero-order chi connectivity index (χ0) is 12.3. The van der Waals surface area contributed by atoms with Crippen molar-refractivity contribution in [2.75, 3.05) is 7.05 Å². The number of hydrogen-bond acceptors (Lipinski definition) is 2. The molecule has 0 aliphatic carbocycles. The summed E-state index contributed by atoms with van der Waals surface area (Å²) in [5, 5.41) is 8.61. The number of likely N-dealkylation sites (N-methyl/N-ethyl adjacent to an activating group) is 1. The minimum atomic E-state index is -1.59. The van der Waals surface area contributed by atoms with Crippen molar-refractivity contribution < 1.29 is 19.1 Å². The Morgan fingerprint density at radius 2 is 2.12 bits per heavy atom. The number of halogens is 2. The van der Waals surface area contributed by atoms with E-state index < -0.39 is 17.7 Å². The number of hydrogen-bond donors (Lipinski definition) is 1. The van der Waals surface area contributed by atoms with Crippen LogP contribution in [-0.2, 0) is 16.1 Å². The van der Waals surface area contributed by atoms with Crippen LogP contribution in [0.2, 0.25) is 5.02 Å². The maximum Gasteiger partial charge on any atom is 0.394 e. The number of rotatable bonds is 2. The van der Waals surface area contributed by atoms with Gasteiger partial charge in [0.1, 0.15) is 5.82 Å². The first-order valence-corrected chi connectivity index (χ1v) is 4.72. The molecule has 0 aromatic heterocycles. The standard InChI is InChI=1S/C10H9ClFNO3/c1-13(9(14)10(15)16)5-6-7(11)3-2-4-8(6)12/h2-4H,5H2,1H3,(H,15,16). The first-order chi connectivity index (χ1) is 7.43. The van der Waals surface area contributed by atoms with E-state index in [4.69, 9.17) is 16.7 Å². The van der Waals surface area contributed by atoms with Crippen molar-refractivity contribution in [2.24, 2.45) is 0 Å². The predicted octanol–water partition coefficient (Wildman–Crippen LogP) is 1.52. The van der Waals surface area contributed by atoms with Crippen LogP contribution in [0, 0.1) is 5.82 Å². The molecule has 1 aromatic carbocycles. The van der Waals surface area contributed by atoms with Gasteiger partial charge in [0.2, 0.25) is 0 Å². The quantitative estimate of drug-likeness (QED) is 0.804. The van der Waals surface area contributed by atoms with Crippen molar-refractivity contribution in [2.45, 2.75) is 6.54 Å². The van der Waals surface area contributed by atoms with E-state index in [-0.39, 0.29) is 17.1 Å². The van der Waals surface area contributed by atoms with Crippen LogP contribution in [0.15, 0.2) is 18.2 Å². The fourth-order valence-electron chi connectivity index (χ4n) is 1.16. The lowest BCUT2D eigenvalue weighted by Crippen LogP contribution is -2.32. The van der Waals surface area contributed by atoms with Gasteiger partial charge in [0.15, 0.2) is 0 Å². The van der Waals surface area contributed by atoms with Gasteiger partial charge in [-0.15, -0.1) is 0 Å². The SMILES string of the molecule is CN(Cc1c(F)cccc1Cl)C(=O)C(=O)O. The molecule has 1 aromatic rings. The number of benzene rings is 1. The summed E-state index contributed by atoms with van der Waals surface area (Å²) in [6.07, 6.45) is 0. The third-order valence-corrected chi connectivity index (χ3v) is 2.34. The first-order valence-electron chi connectivity index (χ1n) is 4.34. The minimum Gasteiger partial charge on any atom is -0.474 e. The molecule has 16 heavy (non-hydrogen) atoms. The van der Waals surface area contributed by atoms with Crippen molar-refractivity contribution in [3.63, 3.8) is 0 Å². The number of nitrogens with zero attached hydrogens (tertiary/aromatic N) is 1. The summed E-state index contributed by atoms with van der Waals surface area (Å²) in [6.45, 7) is -0.184. The third kappa shape index (κ3) is 2.70. The van der Waals surface area contributed by atoms with Crippen LogP contribution in [0.1, 0.15) is 5.56 Å². The van der Waals surface area contributed by atoms with Crippen LogP contribution in [-0.4, -0.2) is 28.9 Å². The average molecular weight is 246 g/mol. The van der Waals surface area contributed by atoms with Crippen molar-refractivity contribution in [3.8, 4) is 0 Å². The topological polar surface area (TPSA) is 57.6 Å². The molecule has 0 atom stereocenters. The minimum absolute atomic E-state index is 0.0984. The van der Waals surface area contributed by atoms with E-state index in [2.05, 4.69) is 0 Å². The van der Waals surface area contributed by atoms with Crippen LogP contribution < -0.4 is 0 Å². The lowest BCUT2D eigenvalue weighted by molar-refractivity contribution is -0.155. The molecule has 0 aliphatic rings. The second kappa shape index (κ2) is 4.94. The summed E-state index contributed by atoms with van der Waals surface area (Å²) in [5.74, 6) is -3.27. The summed E-state index contributed by atoms with van der Waals surface area (Å²) >= 11 is 5.73. The van der Waals surface area contributed by atoms with Crippen molar-refractivity contribution >= 4 is 23.5 Å². The summed E-state index contributed by atoms with van der Waals surface area (Å²) in [5.41, 5.74) is 0.0984. The Kier molecular flexibility index (Phi) is 3.84. The highest BCUT2D eigenvalue weighted by Crippen LogP contribution is 2.20. The Morgan fingerprint density at radius 3 is 2.62 bits per heavy atom. The Balaban J connectivity index is 2.89. The van der Waals surface area contributed by atoms with Gasteiger partial charge in [0.05, 0.1) is 6.54 Å². The first kappa shape index (κ1) is 12.4. The van der Waals surface area contributed by atoms with Gasteiger partial charge in [0.25, 0.3) is 0 Å². The fraction of sp³-hybridized carbons (Fsp3) is 0.200. The van der Waals surface area contributed by atoms with E-state index in [0.717, 1.165) is 4.90 Å². The second-order valence-corrected chi connectivity index (χ2v) is 3.57. The molecule has 0 saturated heterocycles. The highest BCUT2D eigenvalue weighted by molar-refractivity contribution is 6.32. The van der Waals surface area contributed by atoms with Crippen LogP contribution in [0.5, 0.6) is 0 Å². The molecule has 0 fully saturated rings. The predicted molar refractivity (Wildman–Crippen MR) is 55.5 cm³/mol. The van der Waals surface area contributed by atoms with Crippen molar-refractivity contribution in [1.29, 1.82) is 0 Å². The Hall–Kier alpha value is -1.62. The van der Waals surface area contributed by atoms with Crippen LogP contribution >= 0.6 is 11.6 Å². The number of carboxylic acid groups (broad SMARTS) is 1. The highest BCUT2D eigenvalue weighted by atomic mass is 35.5. The molecule has 0 saturated carbocycles. The van der Waals surface area contributed by atoms with Gasteiger partial charge in [-0.25, -0.2) is 9.18 Å². The van der Waals surface area contributed by atoms with Crippen LogP contribution in [0.25, 0.3) is 0 Å². The smallest absolute Gasteiger partial charge is 0.394 e. The van der Waals surface area contributed by atoms with Gasteiger partial charge in [-0.3, -0.25) is 4.79 Å². The normalized spacial score (nSPS) is 9.94. The molecule has 0 heterocycles. The van der Waals surface area contributed by atoms with E-state index in [0.29, 0.717) is 0 Å². The molecule has 0 spiro atoms. The molecule has 4 nitrogen and oxygen atoms in total. The van der Waals surface area contributed by atoms with Crippen LogP contribution in [0.3, 0.4) is 0 Å². The van der Waals surface area contributed by atoms with E-state index in [1.54, 1.807) is 0 Å². The molecular formula is C10H9ClFNO3. The molecule has 1 rings (SSSR count). The van der Waals surface area contributed by atoms with E-state index in [9.17, 15) is 14.0 Å². The molecule has 0 bridgehead atoms. The molecule has 0 aliphatic heterocycles. The summed E-state index contributed by atoms with van der Waals surface area (Å²) in [6, 6.07) is 4.10. The maximum absolute atomic E-state index is 13.3. The summed E-state index contributed by atoms with van der Waals surface area (Å²) < 4.78 is 13.3. The molecule has 86 valence electrons. The van der Waals surface area contributed by atoms with Crippen molar-refractivity contribution in [1.82, 2.24) is 4.90 Å². The highest BCUT2D eigenvalue weighted by Gasteiger charge is 2.19. The number of carbonyl (C=O) groups is 2. The monoisotopic (exact) mass is 245 g/mol. The molecule has 1 amide bonds. The van der Waals surface area contributed by atoms with Crippen LogP contribution in [0.4, 0.5) is 4.39 Å². The van der Waals surface area contributed by atoms with Gasteiger partial charge in [-0.1, -0.05) is 17.7 Å². The molecular weight excluding hydrogens is 237 g/mol. The third-order valence-electron chi connectivity index (χ3n) is 1.99. The lowest BCUT2D eigenvalue weighted by Gasteiger charge is -2.15. The van der Waals surface area contributed by atoms with Gasteiger partial charge in [-0.05, 0) is 12.1 Å². The number of aliphatic carboxylic acids is 1. The number of amides is 1. The number of carboxylic acids is 1. The molecule has 0 radical (unpaired) electrons. The number of carbonyl (C=O) groups excluding carboxylic acids is 1. The Morgan fingerprint density at radius 1 is 1.50 bits per heavy atom. The maximum atomic E-state index is 13.3. The lowest BCUT2D eigenvalue weighted by atomic mass is 10.2. The molecule has 6 heteroatoms. The zero-order valence-corrected chi connectivity index (χ0v) is 9.16. The molecule has 1 N–H and O–H groups in total. The van der Waals surface area contributed by atoms with Gasteiger partial charge < -0.3 is 10.0 Å². The summed E-state index contributed by atoms with van der Waals surface area (Å²) in [4.78, 5) is 22.3. The van der Waals surface area contributed by atoms with Crippen molar-refractivity contribution in [3.05, 3.63) is 34.6 Å². The van der Waals surface area contributed by atoms with Gasteiger partial charge in [-0.2, -0.15) is 0 Å². The molecule has 0 unspecified atom stereocenters. The zero-order valence-electron chi connectivity index (χ0n) is 8.41. The Labute approximate surface area is 96.2 Å². The van der Waals surface area contributed by atoms with E-state index in [1.165, 1.54) is 25.2 Å². The largest absolute Gasteiger partial charge is 0.474 e. The van der Waals surface area contributed by atoms with Gasteiger partial charge in [0, 0.05) is 17.6 Å². The van der Waals surface area contributed by atoms with E-state index >= 15 is 0 Å². The van der Waals surface area contributed by atoms with Gasteiger partial charge >= 0.3 is 11.9 Å². The Bertz CT molecular complexity index is 416. The average Bonchev–Trinajstić information content (AvgIpc) is 2.22. The van der Waals surface area contributed by atoms with E-state index in [1.807, 2.05) is 0 Å². The fourth-order valence-corrected chi connectivity index (χ4v) is 1.38. The summed E-state index contributed by atoms with van der Waals surface area (Å²) in [7, 11) is 1.26.